The summed E-state index contributed by atoms with van der Waals surface area (Å²) in [6, 6.07) is 8.08. The van der Waals surface area contributed by atoms with E-state index in [9.17, 15) is 0 Å². The smallest absolute Gasteiger partial charge is 0.232 e. The molecule has 1 heterocycles. The summed E-state index contributed by atoms with van der Waals surface area (Å²) in [7, 11) is 0. The van der Waals surface area contributed by atoms with E-state index in [-0.39, 0.29) is 0 Å². The van der Waals surface area contributed by atoms with Gasteiger partial charge >= 0.3 is 0 Å². The zero-order chi connectivity index (χ0) is 12.3. The van der Waals surface area contributed by atoms with E-state index in [4.69, 9.17) is 9.15 Å². The van der Waals surface area contributed by atoms with Gasteiger partial charge in [0.25, 0.3) is 0 Å². The fourth-order valence-corrected chi connectivity index (χ4v) is 1.60. The minimum absolute atomic E-state index is 0.377. The van der Waals surface area contributed by atoms with Crippen LogP contribution in [0.25, 0.3) is 0 Å². The first-order valence-corrected chi connectivity index (χ1v) is 5.83. The summed E-state index contributed by atoms with van der Waals surface area (Å²) in [5, 5.41) is 0. The highest BCUT2D eigenvalue weighted by Crippen LogP contribution is 2.16. The number of oxazole rings is 1. The van der Waals surface area contributed by atoms with E-state index in [1.54, 1.807) is 0 Å². The number of ether oxygens (including phenoxy) is 1. The predicted molar refractivity (Wildman–Crippen MR) is 66.1 cm³/mol. The SMILES string of the molecule is CCc1cccc(OCc2nc(C)c(C)o2)c1. The van der Waals surface area contributed by atoms with Crippen LogP contribution < -0.4 is 4.74 Å². The third kappa shape index (κ3) is 2.87. The van der Waals surface area contributed by atoms with Gasteiger partial charge in [-0.3, -0.25) is 0 Å². The normalized spacial score (nSPS) is 10.5. The first-order chi connectivity index (χ1) is 8.19. The van der Waals surface area contributed by atoms with E-state index >= 15 is 0 Å². The summed E-state index contributed by atoms with van der Waals surface area (Å²) in [5.74, 6) is 2.34. The van der Waals surface area contributed by atoms with Crippen LogP contribution in [0.1, 0.15) is 29.8 Å². The van der Waals surface area contributed by atoms with Crippen LogP contribution in [-0.2, 0) is 13.0 Å². The van der Waals surface area contributed by atoms with Gasteiger partial charge in [-0.2, -0.15) is 0 Å². The lowest BCUT2D eigenvalue weighted by molar-refractivity contribution is 0.260. The molecule has 3 heteroatoms. The molecule has 0 atom stereocenters. The summed E-state index contributed by atoms with van der Waals surface area (Å²) in [6.07, 6.45) is 1.01. The number of hydrogen-bond donors (Lipinski definition) is 0. The highest BCUT2D eigenvalue weighted by atomic mass is 16.5. The molecule has 3 nitrogen and oxygen atoms in total. The van der Waals surface area contributed by atoms with Crippen LogP contribution in [0.5, 0.6) is 5.75 Å². The average Bonchev–Trinajstić information content (AvgIpc) is 2.67. The fraction of sp³-hybridized carbons (Fsp3) is 0.357. The molecule has 2 rings (SSSR count). The number of aryl methyl sites for hydroxylation is 3. The molecule has 1 aromatic heterocycles. The highest BCUT2D eigenvalue weighted by Gasteiger charge is 2.06. The lowest BCUT2D eigenvalue weighted by atomic mass is 10.2. The van der Waals surface area contributed by atoms with Crippen LogP contribution in [0.2, 0.25) is 0 Å². The Bertz CT molecular complexity index is 483. The van der Waals surface area contributed by atoms with E-state index in [0.29, 0.717) is 12.5 Å². The Balaban J connectivity index is 2.01. The summed E-state index contributed by atoms with van der Waals surface area (Å²) >= 11 is 0. The minimum atomic E-state index is 0.377. The molecule has 1 aromatic carbocycles. The summed E-state index contributed by atoms with van der Waals surface area (Å²) in [4.78, 5) is 4.28. The van der Waals surface area contributed by atoms with Crippen molar-refractivity contribution >= 4 is 0 Å². The quantitative estimate of drug-likeness (QED) is 0.808. The minimum Gasteiger partial charge on any atom is -0.484 e. The van der Waals surface area contributed by atoms with Crippen molar-refractivity contribution < 1.29 is 9.15 Å². The molecule has 0 bridgehead atoms. The summed E-state index contributed by atoms with van der Waals surface area (Å²) in [5.41, 5.74) is 2.19. The van der Waals surface area contributed by atoms with Crippen molar-refractivity contribution in [3.05, 3.63) is 47.2 Å². The van der Waals surface area contributed by atoms with Crippen molar-refractivity contribution in [3.63, 3.8) is 0 Å². The second-order valence-electron chi connectivity index (χ2n) is 4.04. The first kappa shape index (κ1) is 11.7. The van der Waals surface area contributed by atoms with Crippen LogP contribution >= 0.6 is 0 Å². The van der Waals surface area contributed by atoms with Crippen LogP contribution in [0.4, 0.5) is 0 Å². The van der Waals surface area contributed by atoms with E-state index in [0.717, 1.165) is 23.6 Å². The molecule has 90 valence electrons. The molecular formula is C14H17NO2. The van der Waals surface area contributed by atoms with Crippen molar-refractivity contribution in [2.24, 2.45) is 0 Å². The third-order valence-corrected chi connectivity index (χ3v) is 2.74. The zero-order valence-electron chi connectivity index (χ0n) is 10.5. The maximum atomic E-state index is 5.65. The Labute approximate surface area is 101 Å². The maximum Gasteiger partial charge on any atom is 0.232 e. The Hall–Kier alpha value is -1.77. The Morgan fingerprint density at radius 1 is 1.29 bits per heavy atom. The predicted octanol–water partition coefficient (Wildman–Crippen LogP) is 3.43. The van der Waals surface area contributed by atoms with E-state index in [2.05, 4.69) is 18.0 Å². The lowest BCUT2D eigenvalue weighted by Gasteiger charge is -2.04. The van der Waals surface area contributed by atoms with Gasteiger partial charge < -0.3 is 9.15 Å². The van der Waals surface area contributed by atoms with E-state index in [1.165, 1.54) is 5.56 Å². The van der Waals surface area contributed by atoms with E-state index in [1.807, 2.05) is 32.0 Å². The Morgan fingerprint density at radius 3 is 2.76 bits per heavy atom. The van der Waals surface area contributed by atoms with Crippen molar-refractivity contribution in [2.45, 2.75) is 33.8 Å². The molecule has 0 aliphatic heterocycles. The number of hydrogen-bond acceptors (Lipinski definition) is 3. The topological polar surface area (TPSA) is 35.3 Å². The number of benzene rings is 1. The van der Waals surface area contributed by atoms with Gasteiger partial charge in [-0.1, -0.05) is 19.1 Å². The van der Waals surface area contributed by atoms with Crippen LogP contribution in [0.3, 0.4) is 0 Å². The zero-order valence-corrected chi connectivity index (χ0v) is 10.5. The van der Waals surface area contributed by atoms with Gasteiger partial charge in [0, 0.05) is 0 Å². The summed E-state index contributed by atoms with van der Waals surface area (Å²) < 4.78 is 11.1. The molecule has 2 aromatic rings. The van der Waals surface area contributed by atoms with Crippen LogP contribution in [0.15, 0.2) is 28.7 Å². The second-order valence-corrected chi connectivity index (χ2v) is 4.04. The van der Waals surface area contributed by atoms with Crippen molar-refractivity contribution in [1.29, 1.82) is 0 Å². The number of nitrogens with zero attached hydrogens (tertiary/aromatic N) is 1. The highest BCUT2D eigenvalue weighted by molar-refractivity contribution is 5.28. The van der Waals surface area contributed by atoms with Gasteiger partial charge in [0.2, 0.25) is 5.89 Å². The molecule has 0 radical (unpaired) electrons. The standard InChI is InChI=1S/C14H17NO2/c1-4-12-6-5-7-13(8-12)16-9-14-15-10(2)11(3)17-14/h5-8H,4,9H2,1-3H3. The van der Waals surface area contributed by atoms with Crippen LogP contribution in [-0.4, -0.2) is 4.98 Å². The molecule has 0 saturated heterocycles. The van der Waals surface area contributed by atoms with Crippen molar-refractivity contribution in [1.82, 2.24) is 4.98 Å². The van der Waals surface area contributed by atoms with Gasteiger partial charge in [0.1, 0.15) is 11.5 Å². The average molecular weight is 231 g/mol. The molecule has 0 spiro atoms. The number of aromatic nitrogens is 1. The number of rotatable bonds is 4. The second kappa shape index (κ2) is 5.04. The molecule has 0 saturated carbocycles. The van der Waals surface area contributed by atoms with Gasteiger partial charge in [-0.15, -0.1) is 0 Å². The van der Waals surface area contributed by atoms with Gasteiger partial charge in [-0.05, 0) is 38.0 Å². The molecule has 0 unspecified atom stereocenters. The van der Waals surface area contributed by atoms with Crippen LogP contribution in [0, 0.1) is 13.8 Å². The van der Waals surface area contributed by atoms with E-state index < -0.39 is 0 Å². The largest absolute Gasteiger partial charge is 0.484 e. The van der Waals surface area contributed by atoms with Crippen molar-refractivity contribution in [3.8, 4) is 5.75 Å². The van der Waals surface area contributed by atoms with Gasteiger partial charge in [0.15, 0.2) is 6.61 Å². The van der Waals surface area contributed by atoms with Crippen molar-refractivity contribution in [2.75, 3.05) is 0 Å². The third-order valence-electron chi connectivity index (χ3n) is 2.74. The summed E-state index contributed by atoms with van der Waals surface area (Å²) in [6.45, 7) is 6.34. The van der Waals surface area contributed by atoms with Gasteiger partial charge in [-0.25, -0.2) is 4.98 Å². The fourth-order valence-electron chi connectivity index (χ4n) is 1.60. The molecule has 0 amide bonds. The molecule has 17 heavy (non-hydrogen) atoms. The van der Waals surface area contributed by atoms with Gasteiger partial charge in [0.05, 0.1) is 5.69 Å². The monoisotopic (exact) mass is 231 g/mol. The molecule has 0 aliphatic rings. The molecule has 0 aliphatic carbocycles. The maximum absolute atomic E-state index is 5.65. The Morgan fingerprint density at radius 2 is 2.12 bits per heavy atom. The first-order valence-electron chi connectivity index (χ1n) is 5.83. The lowest BCUT2D eigenvalue weighted by Crippen LogP contribution is -1.96. The Kier molecular flexibility index (Phi) is 3.47. The molecule has 0 fully saturated rings. The molecule has 0 N–H and O–H groups in total. The molecular weight excluding hydrogens is 214 g/mol.